The molecule has 0 amide bonds. The van der Waals surface area contributed by atoms with Crippen LogP contribution in [0.2, 0.25) is 0 Å². The number of aliphatic hydroxyl groups is 1. The Morgan fingerprint density at radius 1 is 1.43 bits per heavy atom. The highest BCUT2D eigenvalue weighted by Crippen LogP contribution is 2.41. The topological polar surface area (TPSA) is 57.5 Å². The molecule has 0 saturated heterocycles. The number of rotatable bonds is 3. The number of hydrogen-bond donors (Lipinski definition) is 2. The maximum Gasteiger partial charge on any atom is 0.309 e. The Kier molecular flexibility index (Phi) is 3.53. The summed E-state index contributed by atoms with van der Waals surface area (Å²) in [4.78, 5) is 11.2. The molecule has 3 nitrogen and oxygen atoms in total. The van der Waals surface area contributed by atoms with E-state index in [4.69, 9.17) is 0 Å². The number of aliphatic carboxylic acids is 1. The molecule has 3 heteroatoms. The van der Waals surface area contributed by atoms with Crippen LogP contribution in [0.5, 0.6) is 0 Å². The molecule has 0 aromatic carbocycles. The molecular weight excluding hydrogens is 180 g/mol. The van der Waals surface area contributed by atoms with Gasteiger partial charge in [0.2, 0.25) is 0 Å². The van der Waals surface area contributed by atoms with Gasteiger partial charge in [0.25, 0.3) is 0 Å². The minimum Gasteiger partial charge on any atom is -0.481 e. The first kappa shape index (κ1) is 11.5. The molecule has 1 aliphatic carbocycles. The monoisotopic (exact) mass is 200 g/mol. The summed E-state index contributed by atoms with van der Waals surface area (Å²) in [6.45, 7) is 3.64. The van der Waals surface area contributed by atoms with E-state index in [1.54, 1.807) is 6.92 Å². The summed E-state index contributed by atoms with van der Waals surface area (Å²) in [5.74, 6) is -0.843. The summed E-state index contributed by atoms with van der Waals surface area (Å²) in [5, 5.41) is 19.0. The van der Waals surface area contributed by atoms with Gasteiger partial charge in [-0.05, 0) is 26.2 Å². The second kappa shape index (κ2) is 4.30. The van der Waals surface area contributed by atoms with Crippen LogP contribution >= 0.6 is 0 Å². The van der Waals surface area contributed by atoms with E-state index < -0.39 is 17.5 Å². The van der Waals surface area contributed by atoms with E-state index in [1.807, 2.05) is 6.92 Å². The molecule has 1 saturated carbocycles. The van der Waals surface area contributed by atoms with Crippen LogP contribution in [0.3, 0.4) is 0 Å². The van der Waals surface area contributed by atoms with Crippen molar-refractivity contribution in [3.05, 3.63) is 0 Å². The van der Waals surface area contributed by atoms with Gasteiger partial charge in [-0.1, -0.05) is 19.8 Å². The lowest BCUT2D eigenvalue weighted by molar-refractivity contribution is -0.156. The van der Waals surface area contributed by atoms with Crippen molar-refractivity contribution in [3.63, 3.8) is 0 Å². The second-order valence-corrected chi connectivity index (χ2v) is 4.53. The molecule has 0 aromatic rings. The molecule has 0 aromatic heterocycles. The van der Waals surface area contributed by atoms with Crippen molar-refractivity contribution in [2.45, 2.75) is 52.1 Å². The first-order chi connectivity index (χ1) is 6.52. The van der Waals surface area contributed by atoms with Gasteiger partial charge in [0.15, 0.2) is 0 Å². The highest BCUT2D eigenvalue weighted by atomic mass is 16.4. The average molecular weight is 200 g/mol. The molecule has 3 atom stereocenters. The highest BCUT2D eigenvalue weighted by molar-refractivity contribution is 5.74. The Morgan fingerprint density at radius 3 is 2.43 bits per heavy atom. The van der Waals surface area contributed by atoms with Crippen LogP contribution in [0, 0.1) is 11.3 Å². The van der Waals surface area contributed by atoms with E-state index in [-0.39, 0.29) is 5.92 Å². The predicted molar refractivity (Wildman–Crippen MR) is 54.0 cm³/mol. The van der Waals surface area contributed by atoms with Crippen LogP contribution in [-0.2, 0) is 4.79 Å². The van der Waals surface area contributed by atoms with Crippen LogP contribution < -0.4 is 0 Å². The molecule has 0 spiro atoms. The van der Waals surface area contributed by atoms with E-state index in [9.17, 15) is 15.0 Å². The fourth-order valence-corrected chi connectivity index (χ4v) is 2.43. The molecule has 3 unspecified atom stereocenters. The quantitative estimate of drug-likeness (QED) is 0.733. The van der Waals surface area contributed by atoms with Gasteiger partial charge >= 0.3 is 5.97 Å². The lowest BCUT2D eigenvalue weighted by Crippen LogP contribution is -2.43. The number of carboxylic acid groups (broad SMARTS) is 1. The zero-order chi connectivity index (χ0) is 10.8. The number of carbonyl (C=O) groups is 1. The Bertz CT molecular complexity index is 215. The minimum absolute atomic E-state index is 0.0706. The summed E-state index contributed by atoms with van der Waals surface area (Å²) in [6, 6.07) is 0. The standard InChI is InChI=1S/C11H20O3/c1-3-11(2,10(13)14)8-6-4-5-7-9(8)12/h8-9,12H,3-7H2,1-2H3,(H,13,14). The SMILES string of the molecule is CCC(C)(C(=O)O)C1CCCCC1O. The second-order valence-electron chi connectivity index (χ2n) is 4.53. The number of aliphatic hydroxyl groups excluding tert-OH is 1. The highest BCUT2D eigenvalue weighted by Gasteiger charge is 2.44. The van der Waals surface area contributed by atoms with Crippen LogP contribution in [0.4, 0.5) is 0 Å². The lowest BCUT2D eigenvalue weighted by Gasteiger charge is -2.39. The van der Waals surface area contributed by atoms with Crippen molar-refractivity contribution in [2.24, 2.45) is 11.3 Å². The largest absolute Gasteiger partial charge is 0.481 e. The average Bonchev–Trinajstić information content (AvgIpc) is 2.17. The van der Waals surface area contributed by atoms with Gasteiger partial charge in [0, 0.05) is 5.92 Å². The fourth-order valence-electron chi connectivity index (χ4n) is 2.43. The Balaban J connectivity index is 2.81. The molecule has 1 fully saturated rings. The van der Waals surface area contributed by atoms with Crippen LogP contribution in [-0.4, -0.2) is 22.3 Å². The number of carboxylic acids is 1. The van der Waals surface area contributed by atoms with Gasteiger partial charge in [-0.15, -0.1) is 0 Å². The van der Waals surface area contributed by atoms with Crippen molar-refractivity contribution < 1.29 is 15.0 Å². The summed E-state index contributed by atoms with van der Waals surface area (Å²) in [7, 11) is 0. The lowest BCUT2D eigenvalue weighted by atomic mass is 9.67. The minimum atomic E-state index is -0.772. The van der Waals surface area contributed by atoms with Gasteiger partial charge < -0.3 is 10.2 Å². The van der Waals surface area contributed by atoms with Crippen molar-refractivity contribution in [3.8, 4) is 0 Å². The van der Waals surface area contributed by atoms with E-state index in [0.717, 1.165) is 25.7 Å². The van der Waals surface area contributed by atoms with E-state index in [1.165, 1.54) is 0 Å². The maximum absolute atomic E-state index is 11.2. The van der Waals surface area contributed by atoms with Crippen LogP contribution in [0.1, 0.15) is 46.0 Å². The normalized spacial score (nSPS) is 32.2. The summed E-state index contributed by atoms with van der Waals surface area (Å²) < 4.78 is 0. The predicted octanol–water partition coefficient (Wildman–Crippen LogP) is 2.04. The number of hydrogen-bond acceptors (Lipinski definition) is 2. The molecule has 0 radical (unpaired) electrons. The van der Waals surface area contributed by atoms with Gasteiger partial charge in [-0.25, -0.2) is 0 Å². The van der Waals surface area contributed by atoms with Crippen molar-refractivity contribution >= 4 is 5.97 Å². The van der Waals surface area contributed by atoms with E-state index in [2.05, 4.69) is 0 Å². The zero-order valence-corrected chi connectivity index (χ0v) is 8.99. The van der Waals surface area contributed by atoms with Gasteiger partial charge in [-0.2, -0.15) is 0 Å². The molecule has 2 N–H and O–H groups in total. The Labute approximate surface area is 85.1 Å². The first-order valence-corrected chi connectivity index (χ1v) is 5.44. The van der Waals surface area contributed by atoms with Gasteiger partial charge in [0.05, 0.1) is 11.5 Å². The molecular formula is C11H20O3. The van der Waals surface area contributed by atoms with Crippen LogP contribution in [0.15, 0.2) is 0 Å². The summed E-state index contributed by atoms with van der Waals surface area (Å²) >= 11 is 0. The zero-order valence-electron chi connectivity index (χ0n) is 8.99. The Morgan fingerprint density at radius 2 is 2.00 bits per heavy atom. The summed E-state index contributed by atoms with van der Waals surface area (Å²) in [5.41, 5.74) is -0.750. The van der Waals surface area contributed by atoms with E-state index >= 15 is 0 Å². The smallest absolute Gasteiger partial charge is 0.309 e. The third-order valence-electron chi connectivity index (χ3n) is 3.77. The van der Waals surface area contributed by atoms with Gasteiger partial charge in [0.1, 0.15) is 0 Å². The van der Waals surface area contributed by atoms with E-state index in [0.29, 0.717) is 6.42 Å². The molecule has 1 rings (SSSR count). The third-order valence-corrected chi connectivity index (χ3v) is 3.77. The van der Waals surface area contributed by atoms with Crippen molar-refractivity contribution in [1.82, 2.24) is 0 Å². The maximum atomic E-state index is 11.2. The molecule has 1 aliphatic rings. The molecule has 0 heterocycles. The molecule has 82 valence electrons. The molecule has 0 aliphatic heterocycles. The first-order valence-electron chi connectivity index (χ1n) is 5.44. The van der Waals surface area contributed by atoms with Gasteiger partial charge in [-0.3, -0.25) is 4.79 Å². The van der Waals surface area contributed by atoms with Crippen LogP contribution in [0.25, 0.3) is 0 Å². The molecule has 14 heavy (non-hydrogen) atoms. The van der Waals surface area contributed by atoms with Crippen molar-refractivity contribution in [2.75, 3.05) is 0 Å². The molecule has 0 bridgehead atoms. The Hall–Kier alpha value is -0.570. The summed E-state index contributed by atoms with van der Waals surface area (Å²) in [6.07, 6.45) is 3.83. The van der Waals surface area contributed by atoms with Crippen molar-refractivity contribution in [1.29, 1.82) is 0 Å². The fraction of sp³-hybridized carbons (Fsp3) is 0.909. The third kappa shape index (κ3) is 1.92.